The number of allylic oxidation sites excluding steroid dienone is 2. The van der Waals surface area contributed by atoms with Crippen molar-refractivity contribution in [3.05, 3.63) is 30.4 Å². The normalized spacial score (nSPS) is 28.4. The van der Waals surface area contributed by atoms with Gasteiger partial charge in [-0.3, -0.25) is 0 Å². The lowest BCUT2D eigenvalue weighted by Gasteiger charge is -2.27. The number of hydrogen-bond acceptors (Lipinski definition) is 3. The van der Waals surface area contributed by atoms with Gasteiger partial charge in [-0.05, 0) is 49.7 Å². The van der Waals surface area contributed by atoms with Crippen LogP contribution in [0.3, 0.4) is 0 Å². The van der Waals surface area contributed by atoms with Crippen LogP contribution in [0.15, 0.2) is 30.4 Å². The zero-order chi connectivity index (χ0) is 14.1. The molecule has 3 rings (SSSR count). The van der Waals surface area contributed by atoms with Crippen molar-refractivity contribution in [1.82, 2.24) is 0 Å². The van der Waals surface area contributed by atoms with Crippen molar-refractivity contribution in [3.8, 4) is 11.5 Å². The third-order valence-corrected chi connectivity index (χ3v) is 4.76. The summed E-state index contributed by atoms with van der Waals surface area (Å²) in [7, 11) is 3.37. The standard InChI is InChI=1S/C17H23NO2/c1-11(15-9-12-4-5-13(15)8-12)18-16-7-6-14(19-2)10-17(16)20-3/h4-7,10-13,15,18H,8-9H2,1-3H3. The molecule has 3 nitrogen and oxygen atoms in total. The quantitative estimate of drug-likeness (QED) is 0.829. The molecule has 1 N–H and O–H groups in total. The van der Waals surface area contributed by atoms with E-state index in [1.54, 1.807) is 14.2 Å². The van der Waals surface area contributed by atoms with E-state index in [0.29, 0.717) is 6.04 Å². The number of rotatable bonds is 5. The lowest BCUT2D eigenvalue weighted by molar-refractivity contribution is 0.387. The summed E-state index contributed by atoms with van der Waals surface area (Å²) in [6, 6.07) is 6.39. The molecule has 1 saturated carbocycles. The fourth-order valence-electron chi connectivity index (χ4n) is 3.67. The number of anilines is 1. The minimum absolute atomic E-state index is 0.456. The second kappa shape index (κ2) is 5.39. The Balaban J connectivity index is 1.72. The third-order valence-electron chi connectivity index (χ3n) is 4.76. The molecule has 1 aromatic rings. The third kappa shape index (κ3) is 2.37. The molecule has 1 fully saturated rings. The molecule has 4 unspecified atom stereocenters. The zero-order valence-corrected chi connectivity index (χ0v) is 12.4. The van der Waals surface area contributed by atoms with E-state index in [9.17, 15) is 0 Å². The first-order chi connectivity index (χ1) is 9.71. The van der Waals surface area contributed by atoms with Crippen LogP contribution < -0.4 is 14.8 Å². The van der Waals surface area contributed by atoms with Gasteiger partial charge in [0.25, 0.3) is 0 Å². The highest BCUT2D eigenvalue weighted by Gasteiger charge is 2.38. The van der Waals surface area contributed by atoms with E-state index in [-0.39, 0.29) is 0 Å². The Labute approximate surface area is 121 Å². The highest BCUT2D eigenvalue weighted by Crippen LogP contribution is 2.45. The van der Waals surface area contributed by atoms with Crippen LogP contribution in [-0.4, -0.2) is 20.3 Å². The van der Waals surface area contributed by atoms with Crippen LogP contribution in [0, 0.1) is 17.8 Å². The van der Waals surface area contributed by atoms with Gasteiger partial charge >= 0.3 is 0 Å². The molecule has 0 aromatic heterocycles. The molecule has 1 aromatic carbocycles. The molecule has 2 aliphatic carbocycles. The number of benzene rings is 1. The largest absolute Gasteiger partial charge is 0.497 e. The van der Waals surface area contributed by atoms with Gasteiger partial charge in [0.2, 0.25) is 0 Å². The molecular formula is C17H23NO2. The van der Waals surface area contributed by atoms with Crippen LogP contribution in [-0.2, 0) is 0 Å². The molecule has 2 aliphatic rings. The monoisotopic (exact) mass is 273 g/mol. The van der Waals surface area contributed by atoms with Gasteiger partial charge in [0.05, 0.1) is 19.9 Å². The molecule has 0 amide bonds. The Morgan fingerprint density at radius 3 is 2.60 bits per heavy atom. The van der Waals surface area contributed by atoms with Crippen molar-refractivity contribution >= 4 is 5.69 Å². The Bertz CT molecular complexity index is 512. The summed E-state index contributed by atoms with van der Waals surface area (Å²) < 4.78 is 10.7. The topological polar surface area (TPSA) is 30.5 Å². The maximum Gasteiger partial charge on any atom is 0.145 e. The molecular weight excluding hydrogens is 250 g/mol. The summed E-state index contributed by atoms with van der Waals surface area (Å²) >= 11 is 0. The molecule has 2 bridgehead atoms. The second-order valence-corrected chi connectivity index (χ2v) is 5.94. The maximum absolute atomic E-state index is 5.46. The van der Waals surface area contributed by atoms with E-state index < -0.39 is 0 Å². The Hall–Kier alpha value is -1.64. The Kier molecular flexibility index (Phi) is 3.60. The van der Waals surface area contributed by atoms with Gasteiger partial charge in [-0.2, -0.15) is 0 Å². The van der Waals surface area contributed by atoms with Crippen LogP contribution in [0.1, 0.15) is 19.8 Å². The van der Waals surface area contributed by atoms with Gasteiger partial charge in [0.15, 0.2) is 0 Å². The zero-order valence-electron chi connectivity index (χ0n) is 12.4. The smallest absolute Gasteiger partial charge is 0.145 e. The summed E-state index contributed by atoms with van der Waals surface area (Å²) in [5, 5.41) is 3.63. The molecule has 3 heteroatoms. The van der Waals surface area contributed by atoms with Crippen LogP contribution >= 0.6 is 0 Å². The minimum Gasteiger partial charge on any atom is -0.497 e. The molecule has 4 atom stereocenters. The first-order valence-corrected chi connectivity index (χ1v) is 7.38. The number of methoxy groups -OCH3 is 2. The maximum atomic E-state index is 5.46. The van der Waals surface area contributed by atoms with Gasteiger partial charge in [0.1, 0.15) is 11.5 Å². The van der Waals surface area contributed by atoms with Crippen molar-refractivity contribution in [3.63, 3.8) is 0 Å². The number of hydrogen-bond donors (Lipinski definition) is 1. The van der Waals surface area contributed by atoms with E-state index in [4.69, 9.17) is 9.47 Å². The summed E-state index contributed by atoms with van der Waals surface area (Å²) in [6.07, 6.45) is 7.45. The predicted octanol–water partition coefficient (Wildman–Crippen LogP) is 3.72. The number of fused-ring (bicyclic) bond motifs is 2. The molecule has 0 aliphatic heterocycles. The van der Waals surface area contributed by atoms with Crippen molar-refractivity contribution < 1.29 is 9.47 Å². The van der Waals surface area contributed by atoms with Crippen molar-refractivity contribution in [2.45, 2.75) is 25.8 Å². The van der Waals surface area contributed by atoms with Crippen LogP contribution in [0.5, 0.6) is 11.5 Å². The predicted molar refractivity (Wildman–Crippen MR) is 81.5 cm³/mol. The average molecular weight is 273 g/mol. The van der Waals surface area contributed by atoms with Crippen LogP contribution in [0.4, 0.5) is 5.69 Å². The van der Waals surface area contributed by atoms with Gasteiger partial charge in [0, 0.05) is 12.1 Å². The lowest BCUT2D eigenvalue weighted by Crippen LogP contribution is -2.29. The summed E-state index contributed by atoms with van der Waals surface area (Å²) in [4.78, 5) is 0. The van der Waals surface area contributed by atoms with Gasteiger partial charge < -0.3 is 14.8 Å². The van der Waals surface area contributed by atoms with E-state index in [2.05, 4.69) is 24.4 Å². The molecule has 0 saturated heterocycles. The minimum atomic E-state index is 0.456. The van der Waals surface area contributed by atoms with Crippen molar-refractivity contribution in [2.24, 2.45) is 17.8 Å². The molecule has 108 valence electrons. The van der Waals surface area contributed by atoms with Crippen LogP contribution in [0.2, 0.25) is 0 Å². The van der Waals surface area contributed by atoms with E-state index >= 15 is 0 Å². The molecule has 20 heavy (non-hydrogen) atoms. The fourth-order valence-corrected chi connectivity index (χ4v) is 3.67. The first kappa shape index (κ1) is 13.3. The highest BCUT2D eigenvalue weighted by atomic mass is 16.5. The lowest BCUT2D eigenvalue weighted by atomic mass is 9.87. The summed E-state index contributed by atoms with van der Waals surface area (Å²) in [5.41, 5.74) is 1.05. The SMILES string of the molecule is COc1ccc(NC(C)C2CC3C=CC2C3)c(OC)c1. The highest BCUT2D eigenvalue weighted by molar-refractivity contribution is 5.59. The van der Waals surface area contributed by atoms with Crippen molar-refractivity contribution in [2.75, 3.05) is 19.5 Å². The number of ether oxygens (including phenoxy) is 2. The van der Waals surface area contributed by atoms with E-state index in [1.165, 1.54) is 12.8 Å². The van der Waals surface area contributed by atoms with Gasteiger partial charge in [-0.25, -0.2) is 0 Å². The average Bonchev–Trinajstić information content (AvgIpc) is 3.10. The summed E-state index contributed by atoms with van der Waals surface area (Å²) in [6.45, 7) is 2.28. The van der Waals surface area contributed by atoms with E-state index in [1.807, 2.05) is 18.2 Å². The molecule has 0 heterocycles. The van der Waals surface area contributed by atoms with Gasteiger partial charge in [-0.15, -0.1) is 0 Å². The molecule has 0 radical (unpaired) electrons. The summed E-state index contributed by atoms with van der Waals surface area (Å²) in [5.74, 6) is 3.97. The second-order valence-electron chi connectivity index (χ2n) is 5.94. The van der Waals surface area contributed by atoms with Crippen LogP contribution in [0.25, 0.3) is 0 Å². The fraction of sp³-hybridized carbons (Fsp3) is 0.529. The van der Waals surface area contributed by atoms with Gasteiger partial charge in [-0.1, -0.05) is 12.2 Å². The Morgan fingerprint density at radius 2 is 2.00 bits per heavy atom. The Morgan fingerprint density at radius 1 is 1.15 bits per heavy atom. The number of nitrogens with one attached hydrogen (secondary N) is 1. The first-order valence-electron chi connectivity index (χ1n) is 7.38. The van der Waals surface area contributed by atoms with Crippen molar-refractivity contribution in [1.29, 1.82) is 0 Å². The van der Waals surface area contributed by atoms with E-state index in [0.717, 1.165) is 34.9 Å². The molecule has 0 spiro atoms.